The fraction of sp³-hybridized carbons (Fsp3) is 0.333. The molecule has 0 aliphatic carbocycles. The van der Waals surface area contributed by atoms with Crippen molar-refractivity contribution in [2.24, 2.45) is 0 Å². The zero-order chi connectivity index (χ0) is 15.7. The van der Waals surface area contributed by atoms with Crippen molar-refractivity contribution in [3.8, 4) is 0 Å². The average molecular weight is 408 g/mol. The van der Waals surface area contributed by atoms with E-state index < -0.39 is 17.7 Å². The van der Waals surface area contributed by atoms with Gasteiger partial charge in [-0.15, -0.1) is 11.3 Å². The van der Waals surface area contributed by atoms with Crippen molar-refractivity contribution in [2.75, 3.05) is 26.2 Å². The van der Waals surface area contributed by atoms with Crippen molar-refractivity contribution in [3.63, 3.8) is 0 Å². The first-order valence-corrected chi connectivity index (χ1v) is 8.90. The Kier molecular flexibility index (Phi) is 5.14. The highest BCUT2D eigenvalue weighted by Gasteiger charge is 2.30. The largest absolute Gasteiger partial charge is 0.314 e. The molecule has 1 saturated heterocycles. The second-order valence-electron chi connectivity index (χ2n) is 5.09. The van der Waals surface area contributed by atoms with Gasteiger partial charge in [-0.3, -0.25) is 4.90 Å². The first-order chi connectivity index (χ1) is 10.6. The highest BCUT2D eigenvalue weighted by atomic mass is 79.9. The van der Waals surface area contributed by atoms with E-state index in [9.17, 15) is 8.78 Å². The number of thiophene rings is 1. The molecular formula is C15H14BrClF2N2S. The molecule has 1 aromatic heterocycles. The third-order valence-corrected chi connectivity index (χ3v) is 5.63. The van der Waals surface area contributed by atoms with E-state index >= 15 is 0 Å². The monoisotopic (exact) mass is 406 g/mol. The Labute approximate surface area is 145 Å². The molecule has 3 rings (SSSR count). The predicted octanol–water partition coefficient (Wildman–Crippen LogP) is 4.44. The lowest BCUT2D eigenvalue weighted by Gasteiger charge is -2.35. The van der Waals surface area contributed by atoms with Gasteiger partial charge in [-0.05, 0) is 40.2 Å². The minimum atomic E-state index is -0.548. The number of rotatable bonds is 3. The van der Waals surface area contributed by atoms with Gasteiger partial charge in [0.1, 0.15) is 11.6 Å². The molecular weight excluding hydrogens is 394 g/mol. The van der Waals surface area contributed by atoms with Crippen molar-refractivity contribution >= 4 is 38.9 Å². The van der Waals surface area contributed by atoms with E-state index in [0.29, 0.717) is 4.34 Å². The van der Waals surface area contributed by atoms with E-state index in [0.717, 1.165) is 31.1 Å². The topological polar surface area (TPSA) is 15.3 Å². The van der Waals surface area contributed by atoms with Crippen LogP contribution in [0.15, 0.2) is 28.7 Å². The number of hydrogen-bond donors (Lipinski definition) is 1. The van der Waals surface area contributed by atoms with Crippen LogP contribution in [0.25, 0.3) is 0 Å². The fourth-order valence-electron chi connectivity index (χ4n) is 2.71. The molecule has 2 nitrogen and oxygen atoms in total. The number of nitrogens with one attached hydrogen (secondary N) is 1. The standard InChI is InChI=1S/C15H14BrClF2N2S/c16-9-1-2-10(18)13(14(9)19)15(11-3-4-12(17)22-11)21-7-5-20-6-8-21/h1-4,15,20H,5-8H2/t15-/m1/s1. The second-order valence-corrected chi connectivity index (χ2v) is 7.69. The number of piperazine rings is 1. The molecule has 1 atom stereocenters. The van der Waals surface area contributed by atoms with Gasteiger partial charge in [0.25, 0.3) is 0 Å². The van der Waals surface area contributed by atoms with Gasteiger partial charge in [0.05, 0.1) is 14.9 Å². The van der Waals surface area contributed by atoms with Crippen molar-refractivity contribution in [1.82, 2.24) is 10.2 Å². The van der Waals surface area contributed by atoms with Gasteiger partial charge in [0, 0.05) is 36.6 Å². The first kappa shape index (κ1) is 16.3. The lowest BCUT2D eigenvalue weighted by atomic mass is 10.0. The molecule has 118 valence electrons. The molecule has 1 aromatic carbocycles. The Hall–Kier alpha value is -0.530. The van der Waals surface area contributed by atoms with Crippen LogP contribution in [0, 0.1) is 11.6 Å². The predicted molar refractivity (Wildman–Crippen MR) is 89.7 cm³/mol. The number of hydrogen-bond acceptors (Lipinski definition) is 3. The van der Waals surface area contributed by atoms with Gasteiger partial charge in [0.15, 0.2) is 0 Å². The molecule has 0 amide bonds. The normalized spacial score (nSPS) is 17.6. The third kappa shape index (κ3) is 3.21. The summed E-state index contributed by atoms with van der Waals surface area (Å²) in [5.74, 6) is -1.08. The highest BCUT2D eigenvalue weighted by molar-refractivity contribution is 9.10. The first-order valence-electron chi connectivity index (χ1n) is 6.91. The van der Waals surface area contributed by atoms with Gasteiger partial charge in [0.2, 0.25) is 0 Å². The molecule has 0 radical (unpaired) electrons. The zero-order valence-corrected chi connectivity index (χ0v) is 14.7. The summed E-state index contributed by atoms with van der Waals surface area (Å²) >= 11 is 10.6. The lowest BCUT2D eigenvalue weighted by Crippen LogP contribution is -2.45. The minimum Gasteiger partial charge on any atom is -0.314 e. The molecule has 1 aliphatic rings. The van der Waals surface area contributed by atoms with Crippen LogP contribution in [0.3, 0.4) is 0 Å². The van der Waals surface area contributed by atoms with E-state index in [1.165, 1.54) is 23.5 Å². The van der Waals surface area contributed by atoms with E-state index in [1.807, 2.05) is 6.07 Å². The Morgan fingerprint density at radius 1 is 1.18 bits per heavy atom. The van der Waals surface area contributed by atoms with Crippen LogP contribution >= 0.6 is 38.9 Å². The fourth-order valence-corrected chi connectivity index (χ4v) is 4.27. The Morgan fingerprint density at radius 2 is 1.91 bits per heavy atom. The second kappa shape index (κ2) is 6.93. The molecule has 2 aromatic rings. The van der Waals surface area contributed by atoms with Gasteiger partial charge in [-0.2, -0.15) is 0 Å². The Bertz CT molecular complexity index is 674. The molecule has 2 heterocycles. The maximum absolute atomic E-state index is 14.6. The van der Waals surface area contributed by atoms with E-state index in [1.54, 1.807) is 6.07 Å². The molecule has 0 spiro atoms. The third-order valence-electron chi connectivity index (χ3n) is 3.73. The highest BCUT2D eigenvalue weighted by Crippen LogP contribution is 2.39. The van der Waals surface area contributed by atoms with Crippen molar-refractivity contribution < 1.29 is 8.78 Å². The number of halogens is 4. The molecule has 1 N–H and O–H groups in total. The summed E-state index contributed by atoms with van der Waals surface area (Å²) in [6, 6.07) is 5.85. The van der Waals surface area contributed by atoms with Crippen LogP contribution in [0.2, 0.25) is 4.34 Å². The zero-order valence-electron chi connectivity index (χ0n) is 11.6. The van der Waals surface area contributed by atoms with Crippen LogP contribution < -0.4 is 5.32 Å². The van der Waals surface area contributed by atoms with E-state index in [2.05, 4.69) is 26.1 Å². The maximum Gasteiger partial charge on any atom is 0.145 e. The Morgan fingerprint density at radius 3 is 2.55 bits per heavy atom. The summed E-state index contributed by atoms with van der Waals surface area (Å²) < 4.78 is 29.9. The van der Waals surface area contributed by atoms with Crippen molar-refractivity contribution in [1.29, 1.82) is 0 Å². The van der Waals surface area contributed by atoms with Crippen LogP contribution in [-0.2, 0) is 0 Å². The van der Waals surface area contributed by atoms with Crippen LogP contribution in [0.1, 0.15) is 16.5 Å². The smallest absolute Gasteiger partial charge is 0.145 e. The van der Waals surface area contributed by atoms with Gasteiger partial charge in [-0.25, -0.2) is 8.78 Å². The van der Waals surface area contributed by atoms with Crippen molar-refractivity contribution in [3.05, 3.63) is 55.1 Å². The summed E-state index contributed by atoms with van der Waals surface area (Å²) in [5.41, 5.74) is 0.0785. The molecule has 7 heteroatoms. The summed E-state index contributed by atoms with van der Waals surface area (Å²) in [6.07, 6.45) is 0. The molecule has 22 heavy (non-hydrogen) atoms. The summed E-state index contributed by atoms with van der Waals surface area (Å²) in [7, 11) is 0. The van der Waals surface area contributed by atoms with Crippen molar-refractivity contribution in [2.45, 2.75) is 6.04 Å². The summed E-state index contributed by atoms with van der Waals surface area (Å²) in [4.78, 5) is 2.94. The van der Waals surface area contributed by atoms with E-state index in [-0.39, 0.29) is 10.0 Å². The van der Waals surface area contributed by atoms with Gasteiger partial charge >= 0.3 is 0 Å². The summed E-state index contributed by atoms with van der Waals surface area (Å²) in [5, 5.41) is 3.26. The van der Waals surface area contributed by atoms with E-state index in [4.69, 9.17) is 11.6 Å². The SMILES string of the molecule is Fc1ccc(Br)c(F)c1[C@@H](c1ccc(Cl)s1)N1CCNCC1. The molecule has 0 saturated carbocycles. The van der Waals surface area contributed by atoms with Crippen LogP contribution in [0.5, 0.6) is 0 Å². The molecule has 0 bridgehead atoms. The quantitative estimate of drug-likeness (QED) is 0.757. The maximum atomic E-state index is 14.6. The molecule has 0 unspecified atom stereocenters. The minimum absolute atomic E-state index is 0.0785. The Balaban J connectivity index is 2.11. The van der Waals surface area contributed by atoms with Crippen LogP contribution in [0.4, 0.5) is 8.78 Å². The lowest BCUT2D eigenvalue weighted by molar-refractivity contribution is 0.194. The number of benzene rings is 1. The summed E-state index contributed by atoms with van der Waals surface area (Å²) in [6.45, 7) is 3.05. The van der Waals surface area contributed by atoms with Gasteiger partial charge in [-0.1, -0.05) is 11.6 Å². The molecule has 1 fully saturated rings. The van der Waals surface area contributed by atoms with Crippen LogP contribution in [-0.4, -0.2) is 31.1 Å². The number of nitrogens with zero attached hydrogens (tertiary/aromatic N) is 1. The average Bonchev–Trinajstić information content (AvgIpc) is 2.94. The molecule has 1 aliphatic heterocycles. The van der Waals surface area contributed by atoms with Gasteiger partial charge < -0.3 is 5.32 Å².